The van der Waals surface area contributed by atoms with Crippen molar-refractivity contribution in [1.29, 1.82) is 0 Å². The van der Waals surface area contributed by atoms with Gasteiger partial charge >= 0.3 is 23.9 Å². The fraction of sp³-hybridized carbons (Fsp3) is 0.152. The monoisotopic (exact) mass is 614 g/mol. The quantitative estimate of drug-likeness (QED) is 0.251. The van der Waals surface area contributed by atoms with E-state index in [0.29, 0.717) is 33.9 Å². The van der Waals surface area contributed by atoms with Gasteiger partial charge in [-0.1, -0.05) is 24.3 Å². The number of esters is 2. The molecule has 2 N–H and O–H groups in total. The highest BCUT2D eigenvalue weighted by molar-refractivity contribution is 5.97. The summed E-state index contributed by atoms with van der Waals surface area (Å²) in [6.07, 6.45) is 0. The number of carboxylic acids is 2. The maximum Gasteiger partial charge on any atom is 0.342 e. The van der Waals surface area contributed by atoms with Crippen LogP contribution in [-0.2, 0) is 9.47 Å². The second kappa shape index (κ2) is 13.1. The molecule has 2 aliphatic heterocycles. The predicted octanol–water partition coefficient (Wildman–Crippen LogP) is 5.52. The number of carboxylic acid groups (broad SMARTS) is 2. The second-order valence-electron chi connectivity index (χ2n) is 9.43. The Bertz CT molecular complexity index is 1780. The number of carbonyl (C=O) groups excluding carboxylic acids is 2. The molecule has 12 nitrogen and oxygen atoms in total. The van der Waals surface area contributed by atoms with Crippen molar-refractivity contribution in [2.45, 2.75) is 6.92 Å². The molecule has 0 aromatic heterocycles. The van der Waals surface area contributed by atoms with E-state index in [1.165, 1.54) is 25.3 Å². The Kier molecular flexibility index (Phi) is 8.84. The van der Waals surface area contributed by atoms with E-state index in [2.05, 4.69) is 4.74 Å². The van der Waals surface area contributed by atoms with Crippen molar-refractivity contribution in [2.24, 2.45) is 0 Å². The minimum atomic E-state index is -1.09. The summed E-state index contributed by atoms with van der Waals surface area (Å²) in [7, 11) is 1.34. The van der Waals surface area contributed by atoms with E-state index in [-0.39, 0.29) is 37.1 Å². The molecule has 2 aliphatic rings. The molecule has 4 aromatic carbocycles. The number of hydrogen-bond donors (Lipinski definition) is 2. The van der Waals surface area contributed by atoms with E-state index in [0.717, 1.165) is 16.7 Å². The third-order valence-corrected chi connectivity index (χ3v) is 6.82. The first-order chi connectivity index (χ1) is 21.7. The van der Waals surface area contributed by atoms with Gasteiger partial charge in [-0.25, -0.2) is 19.2 Å². The van der Waals surface area contributed by atoms with Gasteiger partial charge in [0.2, 0.25) is 13.6 Å². The number of ether oxygens (including phenoxy) is 6. The van der Waals surface area contributed by atoms with Gasteiger partial charge in [0.15, 0.2) is 23.0 Å². The van der Waals surface area contributed by atoms with Crippen LogP contribution in [0.1, 0.15) is 48.4 Å². The number of carbonyl (C=O) groups is 4. The standard InChI is InChI=1S/C18H16O6.C15H10O6/c1-3-22-18(20)14-9-8-13(15-16(14)24-10-23-15)11-4-6-12(7-5-11)17(19)21-2;16-14(17)9-3-1-8(2-4-9)10-5-6-11(15(18)19)13-12(10)20-7-21-13/h4-9H,3,10H2,1-2H3;1-6H,7H2,(H,16,17)(H,18,19). The van der Waals surface area contributed by atoms with Crippen molar-refractivity contribution >= 4 is 23.9 Å². The van der Waals surface area contributed by atoms with Gasteiger partial charge in [0.05, 0.1) is 24.8 Å². The number of hydrogen-bond acceptors (Lipinski definition) is 10. The highest BCUT2D eigenvalue weighted by Gasteiger charge is 2.27. The molecule has 0 bridgehead atoms. The average Bonchev–Trinajstić information content (AvgIpc) is 3.75. The summed E-state index contributed by atoms with van der Waals surface area (Å²) in [5.41, 5.74) is 3.98. The van der Waals surface area contributed by atoms with Gasteiger partial charge in [-0.05, 0) is 66.6 Å². The van der Waals surface area contributed by atoms with E-state index in [9.17, 15) is 19.2 Å². The fourth-order valence-electron chi connectivity index (χ4n) is 4.68. The van der Waals surface area contributed by atoms with Gasteiger partial charge in [0, 0.05) is 11.1 Å². The Morgan fingerprint density at radius 2 is 1.07 bits per heavy atom. The van der Waals surface area contributed by atoms with Gasteiger partial charge in [-0.3, -0.25) is 0 Å². The Morgan fingerprint density at radius 3 is 1.53 bits per heavy atom. The molecule has 0 radical (unpaired) electrons. The highest BCUT2D eigenvalue weighted by Crippen LogP contribution is 2.45. The maximum atomic E-state index is 12.0. The van der Waals surface area contributed by atoms with Crippen molar-refractivity contribution < 1.29 is 57.8 Å². The molecule has 4 aromatic rings. The van der Waals surface area contributed by atoms with E-state index in [1.807, 2.05) is 0 Å². The molecular weight excluding hydrogens is 588 g/mol. The predicted molar refractivity (Wildman–Crippen MR) is 157 cm³/mol. The maximum absolute atomic E-state index is 12.0. The highest BCUT2D eigenvalue weighted by atomic mass is 16.7. The van der Waals surface area contributed by atoms with E-state index in [4.69, 9.17) is 33.9 Å². The van der Waals surface area contributed by atoms with Crippen LogP contribution in [0.15, 0.2) is 72.8 Å². The van der Waals surface area contributed by atoms with Crippen molar-refractivity contribution in [3.63, 3.8) is 0 Å². The average molecular weight is 615 g/mol. The van der Waals surface area contributed by atoms with Crippen LogP contribution in [0.25, 0.3) is 22.3 Å². The number of rotatable bonds is 7. The molecule has 0 saturated carbocycles. The first-order valence-electron chi connectivity index (χ1n) is 13.5. The summed E-state index contributed by atoms with van der Waals surface area (Å²) in [6.45, 7) is 2.02. The van der Waals surface area contributed by atoms with Gasteiger partial charge in [0.1, 0.15) is 11.1 Å². The molecule has 12 heteroatoms. The first kappa shape index (κ1) is 30.4. The Morgan fingerprint density at radius 1 is 0.600 bits per heavy atom. The smallest absolute Gasteiger partial charge is 0.342 e. The molecule has 6 rings (SSSR count). The van der Waals surface area contributed by atoms with Gasteiger partial charge in [0.25, 0.3) is 0 Å². The van der Waals surface area contributed by atoms with Gasteiger partial charge in [-0.2, -0.15) is 0 Å². The zero-order valence-electron chi connectivity index (χ0n) is 24.0. The SMILES string of the molecule is CCOC(=O)c1ccc(-c2ccc(C(=O)OC)cc2)c2c1OCO2.O=C(O)c1ccc(-c2ccc(C(=O)O)c3c2OCO3)cc1. The Hall–Kier alpha value is -6.04. The summed E-state index contributed by atoms with van der Waals surface area (Å²) in [5.74, 6) is -1.53. The summed E-state index contributed by atoms with van der Waals surface area (Å²) < 4.78 is 31.3. The molecular formula is C33H26O12. The summed E-state index contributed by atoms with van der Waals surface area (Å²) in [6, 6.07) is 19.6. The lowest BCUT2D eigenvalue weighted by molar-refractivity contribution is 0.0519. The van der Waals surface area contributed by atoms with Crippen LogP contribution in [0, 0.1) is 0 Å². The van der Waals surface area contributed by atoms with Crippen LogP contribution >= 0.6 is 0 Å². The minimum absolute atomic E-state index is 0.0356. The molecule has 0 fully saturated rings. The molecule has 0 amide bonds. The molecule has 2 heterocycles. The van der Waals surface area contributed by atoms with Crippen molar-refractivity contribution in [1.82, 2.24) is 0 Å². The van der Waals surface area contributed by atoms with Crippen LogP contribution in [0.5, 0.6) is 23.0 Å². The summed E-state index contributed by atoms with van der Waals surface area (Å²) >= 11 is 0. The van der Waals surface area contributed by atoms with Crippen LogP contribution in [0.2, 0.25) is 0 Å². The zero-order valence-corrected chi connectivity index (χ0v) is 24.0. The normalized spacial score (nSPS) is 12.0. The zero-order chi connectivity index (χ0) is 32.1. The molecule has 0 spiro atoms. The molecule has 0 atom stereocenters. The first-order valence-corrected chi connectivity index (χ1v) is 13.5. The Balaban J connectivity index is 0.000000179. The summed E-state index contributed by atoms with van der Waals surface area (Å²) in [4.78, 5) is 45.5. The topological polar surface area (TPSA) is 164 Å². The van der Waals surface area contributed by atoms with Crippen molar-refractivity contribution in [3.05, 3.63) is 95.1 Å². The molecule has 230 valence electrons. The van der Waals surface area contributed by atoms with Gasteiger partial charge in [-0.15, -0.1) is 0 Å². The molecule has 0 unspecified atom stereocenters. The second-order valence-corrected chi connectivity index (χ2v) is 9.43. The van der Waals surface area contributed by atoms with E-state index >= 15 is 0 Å². The number of benzene rings is 4. The minimum Gasteiger partial charge on any atom is -0.478 e. The van der Waals surface area contributed by atoms with Gasteiger partial charge < -0.3 is 38.6 Å². The third-order valence-electron chi connectivity index (χ3n) is 6.82. The Labute approximate surface area is 256 Å². The van der Waals surface area contributed by atoms with Crippen molar-refractivity contribution in [3.8, 4) is 45.3 Å². The summed E-state index contributed by atoms with van der Waals surface area (Å²) in [5, 5.41) is 18.0. The molecule has 45 heavy (non-hydrogen) atoms. The van der Waals surface area contributed by atoms with Crippen molar-refractivity contribution in [2.75, 3.05) is 27.3 Å². The lowest BCUT2D eigenvalue weighted by Gasteiger charge is -2.10. The van der Waals surface area contributed by atoms with Crippen LogP contribution in [0.3, 0.4) is 0 Å². The molecule has 0 aliphatic carbocycles. The third kappa shape index (κ3) is 6.20. The lowest BCUT2D eigenvalue weighted by atomic mass is 10.0. The van der Waals surface area contributed by atoms with Crippen LogP contribution in [0.4, 0.5) is 0 Å². The molecule has 0 saturated heterocycles. The number of fused-ring (bicyclic) bond motifs is 2. The van der Waals surface area contributed by atoms with Crippen LogP contribution < -0.4 is 18.9 Å². The lowest BCUT2D eigenvalue weighted by Crippen LogP contribution is -2.06. The van der Waals surface area contributed by atoms with E-state index in [1.54, 1.807) is 61.5 Å². The number of methoxy groups -OCH3 is 1. The number of aromatic carboxylic acids is 2. The van der Waals surface area contributed by atoms with Crippen LogP contribution in [-0.4, -0.2) is 61.4 Å². The van der Waals surface area contributed by atoms with E-state index < -0.39 is 23.9 Å². The fourth-order valence-corrected chi connectivity index (χ4v) is 4.68. The largest absolute Gasteiger partial charge is 0.478 e.